The van der Waals surface area contributed by atoms with Crippen molar-refractivity contribution >= 4 is 11.6 Å². The fourth-order valence-electron chi connectivity index (χ4n) is 4.02. The average molecular weight is 435 g/mol. The molecule has 0 fully saturated rings. The Morgan fingerprint density at radius 3 is 2.50 bits per heavy atom. The number of hydrogen-bond donors (Lipinski definition) is 1. The highest BCUT2D eigenvalue weighted by atomic mass is 16.6. The third-order valence-corrected chi connectivity index (χ3v) is 5.48. The average Bonchev–Trinajstić information content (AvgIpc) is 3.19. The third kappa shape index (κ3) is 3.53. The number of carbonyl (C=O) groups is 1. The standard InChI is InChI=1S/C24H21NO7/c1-13-11-19-21(24(27)31-13)20(14-3-6-16(28-2)7-4-14)22(32-19)23(26)25-15-5-8-17-18(12-15)30-10-9-29-17/h3-8,11-12,20,22H,9-10H2,1-2H3,(H,25,26)/t20-,22+/m1/s1. The van der Waals surface area contributed by atoms with Crippen LogP contribution in [0.25, 0.3) is 0 Å². The Morgan fingerprint density at radius 1 is 1.00 bits per heavy atom. The summed E-state index contributed by atoms with van der Waals surface area (Å²) in [6.45, 7) is 2.59. The molecule has 2 aliphatic rings. The van der Waals surface area contributed by atoms with Gasteiger partial charge in [0.05, 0.1) is 18.6 Å². The lowest BCUT2D eigenvalue weighted by atomic mass is 9.88. The van der Waals surface area contributed by atoms with E-state index in [1.54, 1.807) is 50.4 Å². The molecule has 2 aliphatic heterocycles. The predicted molar refractivity (Wildman–Crippen MR) is 115 cm³/mol. The maximum absolute atomic E-state index is 13.3. The van der Waals surface area contributed by atoms with Crippen LogP contribution in [0.3, 0.4) is 0 Å². The quantitative estimate of drug-likeness (QED) is 0.672. The van der Waals surface area contributed by atoms with Crippen LogP contribution in [0.4, 0.5) is 5.69 Å². The van der Waals surface area contributed by atoms with Crippen LogP contribution in [-0.4, -0.2) is 32.3 Å². The summed E-state index contributed by atoms with van der Waals surface area (Å²) in [5.74, 6) is 1.59. The van der Waals surface area contributed by atoms with Crippen LogP contribution in [0.2, 0.25) is 0 Å². The number of methoxy groups -OCH3 is 1. The number of anilines is 1. The number of benzene rings is 2. The lowest BCUT2D eigenvalue weighted by Crippen LogP contribution is -2.35. The summed E-state index contributed by atoms with van der Waals surface area (Å²) < 4.78 is 27.6. The lowest BCUT2D eigenvalue weighted by molar-refractivity contribution is -0.122. The number of ether oxygens (including phenoxy) is 4. The number of nitrogens with one attached hydrogen (secondary N) is 1. The van der Waals surface area contributed by atoms with Crippen LogP contribution >= 0.6 is 0 Å². The normalized spacial score (nSPS) is 18.4. The molecule has 0 aliphatic carbocycles. The molecule has 0 bridgehead atoms. The molecule has 3 aromatic rings. The van der Waals surface area contributed by atoms with Gasteiger partial charge in [0, 0.05) is 17.8 Å². The molecule has 0 radical (unpaired) electrons. The number of aryl methyl sites for hydroxylation is 1. The smallest absolute Gasteiger partial charge is 0.343 e. The maximum Gasteiger partial charge on any atom is 0.343 e. The molecule has 0 saturated heterocycles. The van der Waals surface area contributed by atoms with Crippen molar-refractivity contribution in [3.63, 3.8) is 0 Å². The van der Waals surface area contributed by atoms with Crippen LogP contribution < -0.4 is 29.9 Å². The van der Waals surface area contributed by atoms with Crippen molar-refractivity contribution in [3.8, 4) is 23.0 Å². The van der Waals surface area contributed by atoms with E-state index in [0.717, 1.165) is 5.56 Å². The minimum absolute atomic E-state index is 0.322. The van der Waals surface area contributed by atoms with Gasteiger partial charge in [-0.25, -0.2) is 4.79 Å². The summed E-state index contributed by atoms with van der Waals surface area (Å²) in [5, 5.41) is 2.87. The van der Waals surface area contributed by atoms with Gasteiger partial charge in [0.1, 0.15) is 30.5 Å². The zero-order chi connectivity index (χ0) is 22.2. The molecule has 3 heterocycles. The van der Waals surface area contributed by atoms with Crippen molar-refractivity contribution < 1.29 is 28.2 Å². The molecule has 0 saturated carbocycles. The Labute approximate surface area is 183 Å². The molecular formula is C24H21NO7. The van der Waals surface area contributed by atoms with Gasteiger partial charge in [-0.05, 0) is 36.8 Å². The van der Waals surface area contributed by atoms with Gasteiger partial charge in [-0.1, -0.05) is 12.1 Å². The molecular weight excluding hydrogens is 414 g/mol. The SMILES string of the molecule is COc1ccc([C@@H]2c3c(cc(C)oc3=O)O[C@@H]2C(=O)Nc2ccc3c(c2)OCCO3)cc1. The third-order valence-electron chi connectivity index (χ3n) is 5.48. The van der Waals surface area contributed by atoms with E-state index in [1.165, 1.54) is 0 Å². The molecule has 5 rings (SSSR count). The maximum atomic E-state index is 13.3. The summed E-state index contributed by atoms with van der Waals surface area (Å²) in [4.78, 5) is 26.0. The summed E-state index contributed by atoms with van der Waals surface area (Å²) in [7, 11) is 1.57. The highest BCUT2D eigenvalue weighted by molar-refractivity contribution is 5.96. The summed E-state index contributed by atoms with van der Waals surface area (Å²) in [6.07, 6.45) is -0.962. The number of hydrogen-bond acceptors (Lipinski definition) is 7. The van der Waals surface area contributed by atoms with Gasteiger partial charge in [-0.3, -0.25) is 4.79 Å². The second-order valence-corrected chi connectivity index (χ2v) is 7.56. The molecule has 32 heavy (non-hydrogen) atoms. The van der Waals surface area contributed by atoms with Gasteiger partial charge in [0.2, 0.25) is 0 Å². The van der Waals surface area contributed by atoms with E-state index in [2.05, 4.69) is 5.32 Å². The van der Waals surface area contributed by atoms with E-state index >= 15 is 0 Å². The molecule has 0 spiro atoms. The first kappa shape index (κ1) is 20.0. The first-order valence-corrected chi connectivity index (χ1v) is 10.2. The number of amides is 1. The Balaban J connectivity index is 1.49. The van der Waals surface area contributed by atoms with Gasteiger partial charge in [0.25, 0.3) is 5.91 Å². The van der Waals surface area contributed by atoms with E-state index in [1.807, 2.05) is 12.1 Å². The van der Waals surface area contributed by atoms with Crippen LogP contribution in [0, 0.1) is 6.92 Å². The Kier molecular flexibility index (Phi) is 4.97. The van der Waals surface area contributed by atoms with Gasteiger partial charge >= 0.3 is 5.63 Å². The van der Waals surface area contributed by atoms with E-state index in [4.69, 9.17) is 23.4 Å². The molecule has 1 amide bonds. The zero-order valence-electron chi connectivity index (χ0n) is 17.5. The second-order valence-electron chi connectivity index (χ2n) is 7.56. The van der Waals surface area contributed by atoms with E-state index in [9.17, 15) is 9.59 Å². The largest absolute Gasteiger partial charge is 0.497 e. The Hall–Kier alpha value is -3.94. The fraction of sp³-hybridized carbons (Fsp3) is 0.250. The summed E-state index contributed by atoms with van der Waals surface area (Å²) in [5.41, 5.74) is 1.08. The number of carbonyl (C=O) groups excluding carboxylic acids is 1. The Morgan fingerprint density at radius 2 is 1.75 bits per heavy atom. The van der Waals surface area contributed by atoms with E-state index in [-0.39, 0.29) is 0 Å². The highest BCUT2D eigenvalue weighted by Crippen LogP contribution is 2.42. The van der Waals surface area contributed by atoms with Crippen LogP contribution in [0.1, 0.15) is 22.8 Å². The van der Waals surface area contributed by atoms with Crippen LogP contribution in [0.15, 0.2) is 57.7 Å². The van der Waals surface area contributed by atoms with Crippen molar-refractivity contribution in [2.24, 2.45) is 0 Å². The minimum Gasteiger partial charge on any atom is -0.497 e. The molecule has 1 aromatic heterocycles. The first-order valence-electron chi connectivity index (χ1n) is 10.2. The molecule has 2 atom stereocenters. The molecule has 164 valence electrons. The van der Waals surface area contributed by atoms with E-state index < -0.39 is 23.6 Å². The summed E-state index contributed by atoms with van der Waals surface area (Å²) >= 11 is 0. The number of rotatable bonds is 4. The zero-order valence-corrected chi connectivity index (χ0v) is 17.5. The van der Waals surface area contributed by atoms with Gasteiger partial charge in [-0.2, -0.15) is 0 Å². The van der Waals surface area contributed by atoms with Crippen molar-refractivity contribution in [1.29, 1.82) is 0 Å². The van der Waals surface area contributed by atoms with Crippen molar-refractivity contribution in [3.05, 3.63) is 75.8 Å². The van der Waals surface area contributed by atoms with Gasteiger partial charge in [0.15, 0.2) is 17.6 Å². The first-order chi connectivity index (χ1) is 15.5. The molecule has 1 N–H and O–H groups in total. The van der Waals surface area contributed by atoms with E-state index in [0.29, 0.717) is 53.2 Å². The van der Waals surface area contributed by atoms with Crippen molar-refractivity contribution in [2.75, 3.05) is 25.6 Å². The van der Waals surface area contributed by atoms with Crippen molar-refractivity contribution in [2.45, 2.75) is 18.9 Å². The topological polar surface area (TPSA) is 96.2 Å². The van der Waals surface area contributed by atoms with Gasteiger partial charge < -0.3 is 28.7 Å². The number of fused-ring (bicyclic) bond motifs is 2. The summed E-state index contributed by atoms with van der Waals surface area (Å²) in [6, 6.07) is 14.0. The molecule has 8 nitrogen and oxygen atoms in total. The fourth-order valence-corrected chi connectivity index (χ4v) is 4.02. The minimum atomic E-state index is -0.962. The van der Waals surface area contributed by atoms with Crippen LogP contribution in [0.5, 0.6) is 23.0 Å². The molecule has 8 heteroatoms. The van der Waals surface area contributed by atoms with Crippen molar-refractivity contribution in [1.82, 2.24) is 0 Å². The second kappa shape index (κ2) is 7.96. The van der Waals surface area contributed by atoms with Gasteiger partial charge in [-0.15, -0.1) is 0 Å². The molecule has 0 unspecified atom stereocenters. The highest BCUT2D eigenvalue weighted by Gasteiger charge is 2.43. The van der Waals surface area contributed by atoms with Crippen LogP contribution in [-0.2, 0) is 4.79 Å². The Bertz CT molecular complexity index is 1230. The lowest BCUT2D eigenvalue weighted by Gasteiger charge is -2.21. The predicted octanol–water partition coefficient (Wildman–Crippen LogP) is 3.26. The monoisotopic (exact) mass is 435 g/mol. The molecule has 2 aromatic carbocycles.